The van der Waals surface area contributed by atoms with Gasteiger partial charge >= 0.3 is 11.9 Å². The highest BCUT2D eigenvalue weighted by Crippen LogP contribution is 2.39. The standard InChI is InChI=1S/C14H24O5/c1-7-14(17,13(4,5)6)10(11(15)18-8-2)12(16)19-9-3/h7,10,17H,1,8-9H2,2-6H3. The Morgan fingerprint density at radius 3 is 1.74 bits per heavy atom. The van der Waals surface area contributed by atoms with Crippen LogP contribution in [-0.2, 0) is 19.1 Å². The number of aliphatic hydroxyl groups is 1. The smallest absolute Gasteiger partial charge is 0.323 e. The Bertz CT molecular complexity index is 324. The van der Waals surface area contributed by atoms with Crippen molar-refractivity contribution >= 4 is 11.9 Å². The molecule has 1 unspecified atom stereocenters. The first-order valence-electron chi connectivity index (χ1n) is 6.34. The first-order valence-corrected chi connectivity index (χ1v) is 6.34. The molecular weight excluding hydrogens is 248 g/mol. The van der Waals surface area contributed by atoms with Gasteiger partial charge in [-0.3, -0.25) is 9.59 Å². The summed E-state index contributed by atoms with van der Waals surface area (Å²) >= 11 is 0. The lowest BCUT2D eigenvalue weighted by atomic mass is 9.68. The van der Waals surface area contributed by atoms with E-state index in [9.17, 15) is 14.7 Å². The fourth-order valence-electron chi connectivity index (χ4n) is 1.76. The van der Waals surface area contributed by atoms with Crippen LogP contribution in [0.15, 0.2) is 12.7 Å². The Balaban J connectivity index is 5.62. The van der Waals surface area contributed by atoms with E-state index >= 15 is 0 Å². The van der Waals surface area contributed by atoms with Crippen LogP contribution < -0.4 is 0 Å². The average molecular weight is 272 g/mol. The van der Waals surface area contributed by atoms with Crippen molar-refractivity contribution in [3.63, 3.8) is 0 Å². The van der Waals surface area contributed by atoms with E-state index in [2.05, 4.69) is 6.58 Å². The van der Waals surface area contributed by atoms with E-state index < -0.39 is 28.9 Å². The number of carbonyl (C=O) groups excluding carboxylic acids is 2. The second-order valence-corrected chi connectivity index (χ2v) is 5.22. The summed E-state index contributed by atoms with van der Waals surface area (Å²) in [6.45, 7) is 12.2. The van der Waals surface area contributed by atoms with Crippen molar-refractivity contribution in [1.29, 1.82) is 0 Å². The Kier molecular flexibility index (Phi) is 6.22. The van der Waals surface area contributed by atoms with E-state index in [1.807, 2.05) is 0 Å². The third-order valence-corrected chi connectivity index (χ3v) is 3.00. The molecule has 0 aliphatic rings. The van der Waals surface area contributed by atoms with Gasteiger partial charge in [-0.2, -0.15) is 0 Å². The fraction of sp³-hybridized carbons (Fsp3) is 0.714. The predicted octanol–water partition coefficient (Wildman–Crippen LogP) is 1.69. The molecule has 0 aliphatic heterocycles. The number of carbonyl (C=O) groups is 2. The molecule has 0 fully saturated rings. The fourth-order valence-corrected chi connectivity index (χ4v) is 1.76. The molecule has 0 rings (SSSR count). The molecule has 1 atom stereocenters. The molecule has 0 aromatic heterocycles. The summed E-state index contributed by atoms with van der Waals surface area (Å²) in [5.41, 5.74) is -2.52. The third kappa shape index (κ3) is 3.80. The predicted molar refractivity (Wildman–Crippen MR) is 71.4 cm³/mol. The molecule has 0 radical (unpaired) electrons. The monoisotopic (exact) mass is 272 g/mol. The largest absolute Gasteiger partial charge is 0.465 e. The van der Waals surface area contributed by atoms with Crippen molar-refractivity contribution in [2.24, 2.45) is 11.3 Å². The van der Waals surface area contributed by atoms with Gasteiger partial charge < -0.3 is 14.6 Å². The summed E-state index contributed by atoms with van der Waals surface area (Å²) < 4.78 is 9.73. The Morgan fingerprint density at radius 1 is 1.16 bits per heavy atom. The molecule has 19 heavy (non-hydrogen) atoms. The van der Waals surface area contributed by atoms with Crippen LogP contribution in [0.3, 0.4) is 0 Å². The van der Waals surface area contributed by atoms with E-state index in [0.717, 1.165) is 0 Å². The minimum absolute atomic E-state index is 0.117. The van der Waals surface area contributed by atoms with Gasteiger partial charge in [0.25, 0.3) is 0 Å². The van der Waals surface area contributed by atoms with Gasteiger partial charge in [-0.1, -0.05) is 26.8 Å². The molecular formula is C14H24O5. The number of hydrogen-bond acceptors (Lipinski definition) is 5. The maximum atomic E-state index is 12.0. The van der Waals surface area contributed by atoms with Gasteiger partial charge in [0.15, 0.2) is 5.92 Å². The quantitative estimate of drug-likeness (QED) is 0.452. The summed E-state index contributed by atoms with van der Waals surface area (Å²) in [5.74, 6) is -3.05. The molecule has 0 bridgehead atoms. The summed E-state index contributed by atoms with van der Waals surface area (Å²) in [6, 6.07) is 0. The first-order chi connectivity index (χ1) is 8.65. The van der Waals surface area contributed by atoms with E-state index in [4.69, 9.17) is 9.47 Å². The zero-order valence-corrected chi connectivity index (χ0v) is 12.4. The number of hydrogen-bond donors (Lipinski definition) is 1. The van der Waals surface area contributed by atoms with Gasteiger partial charge in [-0.25, -0.2) is 0 Å². The highest BCUT2D eigenvalue weighted by molar-refractivity contribution is 5.97. The van der Waals surface area contributed by atoms with Crippen LogP contribution in [0.25, 0.3) is 0 Å². The van der Waals surface area contributed by atoms with Gasteiger partial charge in [-0.15, -0.1) is 6.58 Å². The first kappa shape index (κ1) is 17.6. The van der Waals surface area contributed by atoms with Gasteiger partial charge in [0.05, 0.1) is 13.2 Å². The molecule has 0 heterocycles. The summed E-state index contributed by atoms with van der Waals surface area (Å²) in [4.78, 5) is 24.0. The summed E-state index contributed by atoms with van der Waals surface area (Å²) in [7, 11) is 0. The lowest BCUT2D eigenvalue weighted by Crippen LogP contribution is -2.54. The SMILES string of the molecule is C=CC(O)(C(C(=O)OCC)C(=O)OCC)C(C)(C)C. The van der Waals surface area contributed by atoms with Crippen LogP contribution in [0.5, 0.6) is 0 Å². The lowest BCUT2D eigenvalue weighted by molar-refractivity contribution is -0.178. The molecule has 5 nitrogen and oxygen atoms in total. The van der Waals surface area contributed by atoms with Crippen molar-refractivity contribution in [2.45, 2.75) is 40.2 Å². The zero-order valence-electron chi connectivity index (χ0n) is 12.4. The van der Waals surface area contributed by atoms with Gasteiger partial charge in [0.2, 0.25) is 0 Å². The van der Waals surface area contributed by atoms with Crippen LogP contribution in [0, 0.1) is 11.3 Å². The van der Waals surface area contributed by atoms with E-state index in [0.29, 0.717) is 0 Å². The molecule has 0 aliphatic carbocycles. The maximum Gasteiger partial charge on any atom is 0.323 e. The van der Waals surface area contributed by atoms with E-state index in [1.54, 1.807) is 34.6 Å². The lowest BCUT2D eigenvalue weighted by Gasteiger charge is -2.41. The second kappa shape index (κ2) is 6.70. The molecule has 0 amide bonds. The summed E-state index contributed by atoms with van der Waals surface area (Å²) in [5, 5.41) is 10.7. The average Bonchev–Trinajstić information content (AvgIpc) is 2.28. The molecule has 0 saturated carbocycles. The Labute approximate surface area is 114 Å². The van der Waals surface area contributed by atoms with Crippen LogP contribution in [0.2, 0.25) is 0 Å². The second-order valence-electron chi connectivity index (χ2n) is 5.22. The topological polar surface area (TPSA) is 72.8 Å². The van der Waals surface area contributed by atoms with E-state index in [1.165, 1.54) is 6.08 Å². The van der Waals surface area contributed by atoms with Crippen LogP contribution in [-0.4, -0.2) is 35.9 Å². The molecule has 1 N–H and O–H groups in total. The van der Waals surface area contributed by atoms with E-state index in [-0.39, 0.29) is 13.2 Å². The Morgan fingerprint density at radius 2 is 1.53 bits per heavy atom. The molecule has 0 aromatic rings. The van der Waals surface area contributed by atoms with Crippen LogP contribution >= 0.6 is 0 Å². The van der Waals surface area contributed by atoms with Crippen LogP contribution in [0.1, 0.15) is 34.6 Å². The molecule has 5 heteroatoms. The molecule has 0 saturated heterocycles. The van der Waals surface area contributed by atoms with Crippen LogP contribution in [0.4, 0.5) is 0 Å². The highest BCUT2D eigenvalue weighted by atomic mass is 16.6. The van der Waals surface area contributed by atoms with Gasteiger partial charge in [0.1, 0.15) is 5.60 Å². The van der Waals surface area contributed by atoms with Gasteiger partial charge in [0, 0.05) is 0 Å². The minimum Gasteiger partial charge on any atom is -0.465 e. The molecule has 110 valence electrons. The number of ether oxygens (including phenoxy) is 2. The van der Waals surface area contributed by atoms with Crippen molar-refractivity contribution in [2.75, 3.05) is 13.2 Å². The minimum atomic E-state index is -1.74. The van der Waals surface area contributed by atoms with Crippen molar-refractivity contribution < 1.29 is 24.2 Å². The molecule has 0 spiro atoms. The Hall–Kier alpha value is -1.36. The highest BCUT2D eigenvalue weighted by Gasteiger charge is 2.53. The third-order valence-electron chi connectivity index (χ3n) is 3.00. The van der Waals surface area contributed by atoms with Crippen molar-refractivity contribution in [1.82, 2.24) is 0 Å². The normalized spacial score (nSPS) is 14.7. The van der Waals surface area contributed by atoms with Crippen molar-refractivity contribution in [3.8, 4) is 0 Å². The summed E-state index contributed by atoms with van der Waals surface area (Å²) in [6.07, 6.45) is 1.20. The van der Waals surface area contributed by atoms with Gasteiger partial charge in [-0.05, 0) is 19.3 Å². The van der Waals surface area contributed by atoms with Crippen molar-refractivity contribution in [3.05, 3.63) is 12.7 Å². The number of rotatable bonds is 6. The maximum absolute atomic E-state index is 12.0. The number of esters is 2. The zero-order chi connectivity index (χ0) is 15.3. The molecule has 0 aromatic carbocycles.